The number of hydrogen-bond donors (Lipinski definition) is 0. The van der Waals surface area contributed by atoms with E-state index in [1.165, 1.54) is 57.8 Å². The first-order valence-electron chi connectivity index (χ1n) is 8.06. The minimum Gasteiger partial charge on any atom is -0.251 e. The van der Waals surface area contributed by atoms with Gasteiger partial charge in [0.25, 0.3) is 0 Å². The molecule has 0 radical (unpaired) electrons. The highest BCUT2D eigenvalue weighted by Gasteiger charge is 2.30. The quantitative estimate of drug-likeness (QED) is 0.232. The van der Waals surface area contributed by atoms with Crippen molar-refractivity contribution in [2.45, 2.75) is 84.1 Å². The number of unbranched alkanes of at least 4 members (excludes halogenated alkanes) is 5. The Bertz CT molecular complexity index is 434. The van der Waals surface area contributed by atoms with Gasteiger partial charge in [0.1, 0.15) is 12.4 Å². The lowest BCUT2D eigenvalue weighted by Crippen LogP contribution is -2.32. The maximum Gasteiger partial charge on any atom is 0.143 e. The van der Waals surface area contributed by atoms with Gasteiger partial charge in [-0.1, -0.05) is 70.4 Å². The first-order valence-corrected chi connectivity index (χ1v) is 10.6. The molecule has 0 saturated carbocycles. The molecular formula is C16H27ClI2N2. The largest absolute Gasteiger partial charge is 0.251 e. The van der Waals surface area contributed by atoms with Crippen molar-refractivity contribution < 1.29 is 0 Å². The van der Waals surface area contributed by atoms with Crippen LogP contribution < -0.4 is 0 Å². The van der Waals surface area contributed by atoms with Gasteiger partial charge >= 0.3 is 0 Å². The molecule has 21 heavy (non-hydrogen) atoms. The van der Waals surface area contributed by atoms with Crippen LogP contribution >= 0.6 is 56.8 Å². The zero-order chi connectivity index (χ0) is 15.9. The fourth-order valence-corrected chi connectivity index (χ4v) is 4.77. The van der Waals surface area contributed by atoms with E-state index < -0.39 is 0 Å². The van der Waals surface area contributed by atoms with Crippen molar-refractivity contribution in [2.75, 3.05) is 0 Å². The second kappa shape index (κ2) is 9.96. The van der Waals surface area contributed by atoms with E-state index in [1.54, 1.807) is 0 Å². The van der Waals surface area contributed by atoms with Crippen LogP contribution in [0, 0.1) is 7.40 Å². The summed E-state index contributed by atoms with van der Waals surface area (Å²) in [6.45, 7) is 6.87. The third-order valence-electron chi connectivity index (χ3n) is 4.14. The number of nitrogens with zero attached hydrogens (tertiary/aromatic N) is 2. The average molecular weight is 537 g/mol. The molecular weight excluding hydrogens is 509 g/mol. The standard InChI is InChI=1S/C16H27ClI2N2/c1-4-6-8-9-10-12-16(3,11-7-5-2)21-15(19)13(17)14(18)20-21/h4-12H2,1-3H3. The van der Waals surface area contributed by atoms with Gasteiger partial charge < -0.3 is 0 Å². The molecule has 0 N–H and O–H groups in total. The molecule has 1 rings (SSSR count). The summed E-state index contributed by atoms with van der Waals surface area (Å²) in [5, 5.41) is 5.52. The molecule has 1 heterocycles. The molecule has 0 aliphatic heterocycles. The molecule has 0 bridgehead atoms. The molecule has 2 nitrogen and oxygen atoms in total. The highest BCUT2D eigenvalue weighted by atomic mass is 127. The highest BCUT2D eigenvalue weighted by Crippen LogP contribution is 2.35. The molecule has 0 aromatic carbocycles. The van der Waals surface area contributed by atoms with Crippen LogP contribution in [0.15, 0.2) is 0 Å². The van der Waals surface area contributed by atoms with Crippen LogP contribution in [0.3, 0.4) is 0 Å². The molecule has 0 aliphatic rings. The number of hydrogen-bond acceptors (Lipinski definition) is 1. The van der Waals surface area contributed by atoms with E-state index in [4.69, 9.17) is 16.7 Å². The SMILES string of the molecule is CCCCCCCC(C)(CCCC)n1nc(I)c(Cl)c1I. The van der Waals surface area contributed by atoms with Crippen LogP contribution in [0.25, 0.3) is 0 Å². The average Bonchev–Trinajstić information content (AvgIpc) is 2.73. The van der Waals surface area contributed by atoms with Crippen molar-refractivity contribution in [1.82, 2.24) is 9.78 Å². The van der Waals surface area contributed by atoms with Crippen molar-refractivity contribution in [2.24, 2.45) is 0 Å². The fourth-order valence-electron chi connectivity index (χ4n) is 2.72. The summed E-state index contributed by atoms with van der Waals surface area (Å²) in [5.41, 5.74) is 0.103. The predicted octanol–water partition coefficient (Wildman–Crippen LogP) is 7.01. The van der Waals surface area contributed by atoms with E-state index in [0.29, 0.717) is 0 Å². The molecule has 1 atom stereocenters. The molecule has 0 fully saturated rings. The van der Waals surface area contributed by atoms with Gasteiger partial charge in [-0.3, -0.25) is 4.68 Å². The molecule has 1 unspecified atom stereocenters. The zero-order valence-electron chi connectivity index (χ0n) is 13.4. The highest BCUT2D eigenvalue weighted by molar-refractivity contribution is 14.1. The van der Waals surface area contributed by atoms with E-state index in [0.717, 1.165) is 12.4 Å². The van der Waals surface area contributed by atoms with E-state index in [2.05, 4.69) is 70.6 Å². The van der Waals surface area contributed by atoms with Crippen molar-refractivity contribution in [1.29, 1.82) is 0 Å². The summed E-state index contributed by atoms with van der Waals surface area (Å²) < 4.78 is 4.20. The van der Waals surface area contributed by atoms with E-state index in [1.807, 2.05) is 0 Å². The van der Waals surface area contributed by atoms with Crippen molar-refractivity contribution >= 4 is 56.8 Å². The predicted molar refractivity (Wildman–Crippen MR) is 109 cm³/mol. The fraction of sp³-hybridized carbons (Fsp3) is 0.812. The molecule has 5 heteroatoms. The van der Waals surface area contributed by atoms with Crippen LogP contribution in [0.4, 0.5) is 0 Å². The third kappa shape index (κ3) is 5.83. The molecule has 0 spiro atoms. The lowest BCUT2D eigenvalue weighted by molar-refractivity contribution is 0.223. The second-order valence-electron chi connectivity index (χ2n) is 6.07. The third-order valence-corrected chi connectivity index (χ3v) is 6.88. The van der Waals surface area contributed by atoms with Crippen molar-refractivity contribution in [3.63, 3.8) is 0 Å². The van der Waals surface area contributed by atoms with Gasteiger partial charge in [-0.25, -0.2) is 0 Å². The Morgan fingerprint density at radius 2 is 1.57 bits per heavy atom. The minimum atomic E-state index is 0.103. The van der Waals surface area contributed by atoms with Crippen molar-refractivity contribution in [3.8, 4) is 0 Å². The summed E-state index contributed by atoms with van der Waals surface area (Å²) in [6.07, 6.45) is 11.5. The number of rotatable bonds is 10. The van der Waals surface area contributed by atoms with E-state index >= 15 is 0 Å². The summed E-state index contributed by atoms with van der Waals surface area (Å²) in [4.78, 5) is 0. The minimum absolute atomic E-state index is 0.103. The summed E-state index contributed by atoms with van der Waals surface area (Å²) in [7, 11) is 0. The van der Waals surface area contributed by atoms with Crippen molar-refractivity contribution in [3.05, 3.63) is 12.4 Å². The van der Waals surface area contributed by atoms with Gasteiger partial charge in [0, 0.05) is 0 Å². The molecule has 0 saturated heterocycles. The summed E-state index contributed by atoms with van der Waals surface area (Å²) in [5.74, 6) is 0. The van der Waals surface area contributed by atoms with Gasteiger partial charge in [-0.05, 0) is 64.9 Å². The van der Waals surface area contributed by atoms with Gasteiger partial charge in [-0.15, -0.1) is 0 Å². The monoisotopic (exact) mass is 536 g/mol. The van der Waals surface area contributed by atoms with Gasteiger partial charge in [-0.2, -0.15) is 5.10 Å². The zero-order valence-corrected chi connectivity index (χ0v) is 18.5. The molecule has 1 aromatic rings. The lowest BCUT2D eigenvalue weighted by atomic mass is 9.89. The summed E-state index contributed by atoms with van der Waals surface area (Å²) in [6, 6.07) is 0. The Morgan fingerprint density at radius 1 is 1.00 bits per heavy atom. The normalized spacial score (nSPS) is 14.4. The number of aromatic nitrogens is 2. The maximum atomic E-state index is 6.34. The summed E-state index contributed by atoms with van der Waals surface area (Å²) >= 11 is 10.9. The Kier molecular flexibility index (Phi) is 9.49. The topological polar surface area (TPSA) is 17.8 Å². The van der Waals surface area contributed by atoms with Gasteiger partial charge in [0.2, 0.25) is 0 Å². The molecule has 1 aromatic heterocycles. The van der Waals surface area contributed by atoms with Crippen LogP contribution in [-0.2, 0) is 5.54 Å². The first-order chi connectivity index (χ1) is 9.96. The molecule has 0 aliphatic carbocycles. The van der Waals surface area contributed by atoms with E-state index in [9.17, 15) is 0 Å². The second-order valence-corrected chi connectivity index (χ2v) is 8.49. The first kappa shape index (κ1) is 20.0. The van der Waals surface area contributed by atoms with Gasteiger partial charge in [0.05, 0.1) is 5.54 Å². The molecule has 122 valence electrons. The smallest absolute Gasteiger partial charge is 0.143 e. The maximum absolute atomic E-state index is 6.34. The lowest BCUT2D eigenvalue weighted by Gasteiger charge is -2.31. The Morgan fingerprint density at radius 3 is 2.10 bits per heavy atom. The van der Waals surface area contributed by atoms with E-state index in [-0.39, 0.29) is 5.54 Å². The Hall–Kier alpha value is 0.960. The van der Waals surface area contributed by atoms with Crippen LogP contribution in [0.1, 0.15) is 78.6 Å². The van der Waals surface area contributed by atoms with Crippen LogP contribution in [-0.4, -0.2) is 9.78 Å². The Labute approximate surface area is 162 Å². The van der Waals surface area contributed by atoms with Crippen LogP contribution in [0.5, 0.6) is 0 Å². The van der Waals surface area contributed by atoms with Crippen LogP contribution in [0.2, 0.25) is 5.02 Å². The van der Waals surface area contributed by atoms with Gasteiger partial charge in [0.15, 0.2) is 0 Å². The number of halogens is 3. The Balaban J connectivity index is 2.79. The molecule has 0 amide bonds.